The maximum atomic E-state index is 11.6. The lowest BCUT2D eigenvalue weighted by molar-refractivity contribution is -0.925. The third-order valence-corrected chi connectivity index (χ3v) is 7.17. The minimum absolute atomic E-state index is 0.306. The van der Waals surface area contributed by atoms with Crippen LogP contribution in [0.1, 0.15) is 12.8 Å². The lowest BCUT2D eigenvalue weighted by atomic mass is 10.2. The zero-order valence-electron chi connectivity index (χ0n) is 12.6. The number of quaternary nitrogens is 1. The molecule has 0 aromatic heterocycles. The lowest BCUT2D eigenvalue weighted by Crippen LogP contribution is -3.18. The molecule has 2 saturated heterocycles. The molecule has 8 heteroatoms. The van der Waals surface area contributed by atoms with E-state index in [-0.39, 0.29) is 0 Å². The molecule has 2 aliphatic rings. The minimum Gasteiger partial charge on any atom is -0.363 e. The largest absolute Gasteiger partial charge is 0.363 e. The molecule has 0 radical (unpaired) electrons. The molecule has 2 N–H and O–H groups in total. The molecule has 0 amide bonds. The molecule has 0 aliphatic carbocycles. The van der Waals surface area contributed by atoms with Gasteiger partial charge in [-0.2, -0.15) is 11.8 Å². The van der Waals surface area contributed by atoms with Crippen molar-refractivity contribution in [3.8, 4) is 0 Å². The van der Waals surface area contributed by atoms with Crippen LogP contribution in [-0.2, 0) is 9.84 Å². The summed E-state index contributed by atoms with van der Waals surface area (Å²) in [6.45, 7) is 4.79. The van der Waals surface area contributed by atoms with Crippen molar-refractivity contribution in [2.45, 2.75) is 18.9 Å². The van der Waals surface area contributed by atoms with E-state index in [0.29, 0.717) is 17.5 Å². The van der Waals surface area contributed by atoms with Crippen molar-refractivity contribution in [1.29, 1.82) is 0 Å². The van der Waals surface area contributed by atoms with Gasteiger partial charge in [0.1, 0.15) is 11.8 Å². The molecule has 122 valence electrons. The Labute approximate surface area is 137 Å². The first-order valence-corrected chi connectivity index (χ1v) is 11.2. The number of rotatable bonds is 5. The van der Waals surface area contributed by atoms with E-state index < -0.39 is 9.84 Å². The van der Waals surface area contributed by atoms with E-state index in [1.165, 1.54) is 4.90 Å². The van der Waals surface area contributed by atoms with E-state index in [1.807, 2.05) is 11.8 Å². The molecule has 0 bridgehead atoms. The number of hydrogen-bond acceptors (Lipinski definition) is 4. The van der Waals surface area contributed by atoms with Crippen molar-refractivity contribution in [3.05, 3.63) is 0 Å². The number of piperazine rings is 1. The molecule has 1 atom stereocenters. The second-order valence-electron chi connectivity index (χ2n) is 5.82. The highest BCUT2D eigenvalue weighted by molar-refractivity contribution is 7.98. The summed E-state index contributed by atoms with van der Waals surface area (Å²) < 4.78 is 23.1. The highest BCUT2D eigenvalue weighted by atomic mass is 32.2. The van der Waals surface area contributed by atoms with Gasteiger partial charge in [0.05, 0.1) is 31.9 Å². The highest BCUT2D eigenvalue weighted by Crippen LogP contribution is 2.09. The first-order valence-electron chi connectivity index (χ1n) is 7.58. The third kappa shape index (κ3) is 5.26. The van der Waals surface area contributed by atoms with Gasteiger partial charge >= 0.3 is 0 Å². The van der Waals surface area contributed by atoms with Crippen molar-refractivity contribution in [3.63, 3.8) is 0 Å². The first kappa shape index (κ1) is 17.3. The van der Waals surface area contributed by atoms with Gasteiger partial charge in [0, 0.05) is 13.0 Å². The number of nitrogens with one attached hydrogen (secondary N) is 2. The molecule has 5 nitrogen and oxygen atoms in total. The lowest BCUT2D eigenvalue weighted by Gasteiger charge is -2.36. The summed E-state index contributed by atoms with van der Waals surface area (Å²) in [4.78, 5) is 3.67. The monoisotopic (exact) mass is 352 g/mol. The van der Waals surface area contributed by atoms with E-state index in [0.717, 1.165) is 56.4 Å². The predicted octanol–water partition coefficient (Wildman–Crippen LogP) is -0.998. The Morgan fingerprint density at radius 2 is 2.14 bits per heavy atom. The summed E-state index contributed by atoms with van der Waals surface area (Å²) in [6, 6.07) is 0.306. The van der Waals surface area contributed by atoms with E-state index in [9.17, 15) is 8.42 Å². The smallest absolute Gasteiger partial charge is 0.169 e. The zero-order valence-corrected chi connectivity index (χ0v) is 15.1. The van der Waals surface area contributed by atoms with Crippen molar-refractivity contribution in [2.24, 2.45) is 0 Å². The summed E-state index contributed by atoms with van der Waals surface area (Å²) in [7, 11) is -2.77. The highest BCUT2D eigenvalue weighted by Gasteiger charge is 2.37. The van der Waals surface area contributed by atoms with Gasteiger partial charge in [-0.25, -0.2) is 8.42 Å². The van der Waals surface area contributed by atoms with Crippen molar-refractivity contribution in [2.75, 3.05) is 56.2 Å². The summed E-state index contributed by atoms with van der Waals surface area (Å²) in [5.74, 6) is 1.91. The van der Waals surface area contributed by atoms with Gasteiger partial charge < -0.3 is 15.1 Å². The Hall–Kier alpha value is -0.0500. The topological polar surface area (TPSA) is 53.9 Å². The number of nitrogens with zero attached hydrogens (tertiary/aromatic N) is 1. The molecule has 0 unspecified atom stereocenters. The van der Waals surface area contributed by atoms with Crippen LogP contribution in [0, 0.1) is 0 Å². The molecule has 0 saturated carbocycles. The van der Waals surface area contributed by atoms with E-state index in [4.69, 9.17) is 12.2 Å². The molecule has 2 aliphatic heterocycles. The normalized spacial score (nSPS) is 26.0. The van der Waals surface area contributed by atoms with Gasteiger partial charge in [0.2, 0.25) is 0 Å². The standard InChI is InChI=1S/C13H25N3O2S3/c1-20-9-2-4-14-13(19)16-7-5-15(6-8-16)12-3-10-21(17,18)11-12/h12H,2-11H2,1H3,(H,14,19)/p+1/t12-/m0/s1. The molecule has 2 heterocycles. The van der Waals surface area contributed by atoms with E-state index >= 15 is 0 Å². The second kappa shape index (κ2) is 7.99. The molecule has 0 aromatic carbocycles. The van der Waals surface area contributed by atoms with Crippen molar-refractivity contribution in [1.82, 2.24) is 10.2 Å². The minimum atomic E-state index is -2.77. The number of sulfone groups is 1. The summed E-state index contributed by atoms with van der Waals surface area (Å²) >= 11 is 7.29. The fraction of sp³-hybridized carbons (Fsp3) is 0.923. The van der Waals surface area contributed by atoms with Gasteiger partial charge in [-0.1, -0.05) is 0 Å². The fourth-order valence-corrected chi connectivity index (χ4v) is 5.59. The van der Waals surface area contributed by atoms with Crippen molar-refractivity contribution < 1.29 is 13.3 Å². The molecule has 2 rings (SSSR count). The van der Waals surface area contributed by atoms with Crippen LogP contribution in [0.15, 0.2) is 0 Å². The predicted molar refractivity (Wildman–Crippen MR) is 92.9 cm³/mol. The quantitative estimate of drug-likeness (QED) is 0.489. The second-order valence-corrected chi connectivity index (χ2v) is 9.42. The maximum absolute atomic E-state index is 11.6. The Kier molecular flexibility index (Phi) is 6.58. The molecular weight excluding hydrogens is 326 g/mol. The summed E-state index contributed by atoms with van der Waals surface area (Å²) in [5, 5.41) is 4.18. The van der Waals surface area contributed by atoms with Crippen LogP contribution >= 0.6 is 24.0 Å². The average molecular weight is 353 g/mol. The fourth-order valence-electron chi connectivity index (χ4n) is 3.05. The Balaban J connectivity index is 1.69. The SMILES string of the molecule is CSCCCNC(=S)N1CC[NH+]([C@H]2CCS(=O)(=O)C2)CC1. The van der Waals surface area contributed by atoms with Crippen LogP contribution in [0.5, 0.6) is 0 Å². The van der Waals surface area contributed by atoms with Gasteiger partial charge in [-0.05, 0) is 30.6 Å². The van der Waals surface area contributed by atoms with Crippen LogP contribution < -0.4 is 10.2 Å². The molecule has 21 heavy (non-hydrogen) atoms. The third-order valence-electron chi connectivity index (χ3n) is 4.30. The van der Waals surface area contributed by atoms with Crippen molar-refractivity contribution >= 4 is 38.9 Å². The Morgan fingerprint density at radius 1 is 1.43 bits per heavy atom. The zero-order chi connectivity index (χ0) is 15.3. The average Bonchev–Trinajstić information content (AvgIpc) is 2.84. The van der Waals surface area contributed by atoms with Crippen LogP contribution in [0.3, 0.4) is 0 Å². The molecule has 0 aromatic rings. The van der Waals surface area contributed by atoms with Crippen LogP contribution in [0.2, 0.25) is 0 Å². The van der Waals surface area contributed by atoms with Crippen LogP contribution in [0.25, 0.3) is 0 Å². The summed E-state index contributed by atoms with van der Waals surface area (Å²) in [6.07, 6.45) is 4.07. The van der Waals surface area contributed by atoms with E-state index in [2.05, 4.69) is 16.5 Å². The van der Waals surface area contributed by atoms with Gasteiger partial charge in [0.15, 0.2) is 14.9 Å². The number of thioether (sulfide) groups is 1. The number of hydrogen-bond donors (Lipinski definition) is 2. The summed E-state index contributed by atoms with van der Waals surface area (Å²) in [5.41, 5.74) is 0. The Morgan fingerprint density at radius 3 is 2.71 bits per heavy atom. The first-order chi connectivity index (χ1) is 10.0. The molecule has 2 fully saturated rings. The maximum Gasteiger partial charge on any atom is 0.169 e. The van der Waals surface area contributed by atoms with Gasteiger partial charge in [-0.3, -0.25) is 0 Å². The van der Waals surface area contributed by atoms with Crippen LogP contribution in [0.4, 0.5) is 0 Å². The molecule has 0 spiro atoms. The van der Waals surface area contributed by atoms with Gasteiger partial charge in [-0.15, -0.1) is 0 Å². The molecular formula is C13H26N3O2S3+. The van der Waals surface area contributed by atoms with Crippen LogP contribution in [-0.4, -0.2) is 80.7 Å². The Bertz CT molecular complexity index is 448. The van der Waals surface area contributed by atoms with E-state index in [1.54, 1.807) is 0 Å². The van der Waals surface area contributed by atoms with Gasteiger partial charge in [0.25, 0.3) is 0 Å². The number of thiocarbonyl (C=S) groups is 1.